The first-order valence-corrected chi connectivity index (χ1v) is 6.33. The van der Waals surface area contributed by atoms with Crippen molar-refractivity contribution >= 4 is 34.2 Å². The SMILES string of the molecule is Oc1c(I)cc(Cl)cc1Cc1ccccc1. The fraction of sp³-hybridized carbons (Fsp3) is 0.0769. The van der Waals surface area contributed by atoms with Gasteiger partial charge in [0.05, 0.1) is 3.57 Å². The van der Waals surface area contributed by atoms with E-state index in [1.54, 1.807) is 6.07 Å². The average molecular weight is 345 g/mol. The van der Waals surface area contributed by atoms with E-state index < -0.39 is 0 Å². The van der Waals surface area contributed by atoms with Gasteiger partial charge in [0.15, 0.2) is 0 Å². The Labute approximate surface area is 113 Å². The second-order valence-electron chi connectivity index (χ2n) is 3.56. The maximum absolute atomic E-state index is 9.92. The molecule has 0 fully saturated rings. The van der Waals surface area contributed by atoms with E-state index in [0.717, 1.165) is 14.7 Å². The lowest BCUT2D eigenvalue weighted by atomic mass is 10.0. The Morgan fingerprint density at radius 1 is 1.12 bits per heavy atom. The first kappa shape index (κ1) is 11.7. The van der Waals surface area contributed by atoms with Gasteiger partial charge in [-0.2, -0.15) is 0 Å². The minimum atomic E-state index is 0.328. The van der Waals surface area contributed by atoms with E-state index in [1.807, 2.05) is 36.4 Å². The molecule has 0 saturated heterocycles. The lowest BCUT2D eigenvalue weighted by Crippen LogP contribution is -1.90. The number of rotatable bonds is 2. The summed E-state index contributed by atoms with van der Waals surface area (Å²) >= 11 is 8.06. The van der Waals surface area contributed by atoms with Gasteiger partial charge in [-0.05, 0) is 40.3 Å². The second kappa shape index (κ2) is 5.06. The van der Waals surface area contributed by atoms with Crippen LogP contribution < -0.4 is 0 Å². The molecule has 16 heavy (non-hydrogen) atoms. The van der Waals surface area contributed by atoms with Crippen LogP contribution >= 0.6 is 34.2 Å². The Bertz CT molecular complexity index is 497. The van der Waals surface area contributed by atoms with Crippen LogP contribution in [-0.2, 0) is 6.42 Å². The lowest BCUT2D eigenvalue weighted by molar-refractivity contribution is 0.465. The summed E-state index contributed by atoms with van der Waals surface area (Å²) in [6.07, 6.45) is 0.698. The highest BCUT2D eigenvalue weighted by Crippen LogP contribution is 2.29. The number of hydrogen-bond donors (Lipinski definition) is 1. The molecule has 2 aromatic carbocycles. The number of phenols is 1. The molecule has 2 aromatic rings. The Kier molecular flexibility index (Phi) is 3.71. The van der Waals surface area contributed by atoms with Crippen LogP contribution in [0.15, 0.2) is 42.5 Å². The van der Waals surface area contributed by atoms with Gasteiger partial charge in [0.2, 0.25) is 0 Å². The predicted octanol–water partition coefficient (Wildman–Crippen LogP) is 4.24. The molecule has 82 valence electrons. The molecule has 0 unspecified atom stereocenters. The van der Waals surface area contributed by atoms with Crippen LogP contribution in [0.25, 0.3) is 0 Å². The van der Waals surface area contributed by atoms with E-state index >= 15 is 0 Å². The monoisotopic (exact) mass is 344 g/mol. The smallest absolute Gasteiger partial charge is 0.132 e. The molecule has 0 spiro atoms. The van der Waals surface area contributed by atoms with Crippen molar-refractivity contribution in [2.24, 2.45) is 0 Å². The highest BCUT2D eigenvalue weighted by molar-refractivity contribution is 14.1. The van der Waals surface area contributed by atoms with E-state index in [2.05, 4.69) is 22.6 Å². The van der Waals surface area contributed by atoms with E-state index in [4.69, 9.17) is 11.6 Å². The van der Waals surface area contributed by atoms with Gasteiger partial charge in [0, 0.05) is 17.0 Å². The fourth-order valence-electron chi connectivity index (χ4n) is 1.57. The van der Waals surface area contributed by atoms with Gasteiger partial charge >= 0.3 is 0 Å². The molecule has 0 atom stereocenters. The van der Waals surface area contributed by atoms with E-state index in [0.29, 0.717) is 17.2 Å². The molecule has 0 aliphatic rings. The van der Waals surface area contributed by atoms with Gasteiger partial charge < -0.3 is 5.11 Å². The van der Waals surface area contributed by atoms with Crippen molar-refractivity contribution in [1.29, 1.82) is 0 Å². The van der Waals surface area contributed by atoms with Gasteiger partial charge in [-0.1, -0.05) is 41.9 Å². The standard InChI is InChI=1S/C13H10ClIO/c14-11-7-10(13(16)12(15)8-11)6-9-4-2-1-3-5-9/h1-5,7-8,16H,6H2. The van der Waals surface area contributed by atoms with Crippen molar-refractivity contribution in [3.8, 4) is 5.75 Å². The maximum Gasteiger partial charge on any atom is 0.132 e. The minimum Gasteiger partial charge on any atom is -0.507 e. The molecule has 0 saturated carbocycles. The second-order valence-corrected chi connectivity index (χ2v) is 5.16. The van der Waals surface area contributed by atoms with Crippen LogP contribution in [0.2, 0.25) is 5.02 Å². The topological polar surface area (TPSA) is 20.2 Å². The average Bonchev–Trinajstić information content (AvgIpc) is 2.27. The zero-order valence-corrected chi connectivity index (χ0v) is 11.4. The molecular formula is C13H10ClIO. The summed E-state index contributed by atoms with van der Waals surface area (Å²) in [6, 6.07) is 13.6. The molecule has 0 heterocycles. The molecule has 1 N–H and O–H groups in total. The third-order valence-electron chi connectivity index (χ3n) is 2.34. The van der Waals surface area contributed by atoms with Crippen LogP contribution in [0, 0.1) is 3.57 Å². The Morgan fingerprint density at radius 2 is 1.81 bits per heavy atom. The van der Waals surface area contributed by atoms with Gasteiger partial charge in [-0.25, -0.2) is 0 Å². The first-order chi connectivity index (χ1) is 7.66. The highest BCUT2D eigenvalue weighted by atomic mass is 127. The van der Waals surface area contributed by atoms with Crippen molar-refractivity contribution in [1.82, 2.24) is 0 Å². The zero-order chi connectivity index (χ0) is 11.5. The summed E-state index contributed by atoms with van der Waals surface area (Å²) in [5.74, 6) is 0.328. The molecule has 0 aliphatic carbocycles. The first-order valence-electron chi connectivity index (χ1n) is 4.87. The molecule has 0 radical (unpaired) electrons. The zero-order valence-electron chi connectivity index (χ0n) is 8.45. The number of phenolic OH excluding ortho intramolecular Hbond substituents is 1. The molecule has 2 rings (SSSR count). The molecule has 0 amide bonds. The van der Waals surface area contributed by atoms with E-state index in [1.165, 1.54) is 0 Å². The van der Waals surface area contributed by atoms with Crippen molar-refractivity contribution in [2.45, 2.75) is 6.42 Å². The highest BCUT2D eigenvalue weighted by Gasteiger charge is 2.07. The fourth-order valence-corrected chi connectivity index (χ4v) is 2.68. The Hall–Kier alpha value is -0.740. The van der Waals surface area contributed by atoms with Gasteiger partial charge in [-0.15, -0.1) is 0 Å². The summed E-state index contributed by atoms with van der Waals surface area (Å²) in [6.45, 7) is 0. The molecular weight excluding hydrogens is 334 g/mol. The number of halogens is 2. The molecule has 0 aliphatic heterocycles. The van der Waals surface area contributed by atoms with Crippen molar-refractivity contribution in [3.05, 3.63) is 62.2 Å². The number of aromatic hydroxyl groups is 1. The van der Waals surface area contributed by atoms with Crippen LogP contribution in [-0.4, -0.2) is 5.11 Å². The number of benzene rings is 2. The predicted molar refractivity (Wildman–Crippen MR) is 75.1 cm³/mol. The lowest BCUT2D eigenvalue weighted by Gasteiger charge is -2.07. The largest absolute Gasteiger partial charge is 0.507 e. The maximum atomic E-state index is 9.92. The third kappa shape index (κ3) is 2.68. The van der Waals surface area contributed by atoms with E-state index in [9.17, 15) is 5.11 Å². The summed E-state index contributed by atoms with van der Waals surface area (Å²) < 4.78 is 0.788. The van der Waals surface area contributed by atoms with Gasteiger partial charge in [0.1, 0.15) is 5.75 Å². The van der Waals surface area contributed by atoms with Crippen molar-refractivity contribution in [3.63, 3.8) is 0 Å². The van der Waals surface area contributed by atoms with Crippen molar-refractivity contribution < 1.29 is 5.11 Å². The summed E-state index contributed by atoms with van der Waals surface area (Å²) in [4.78, 5) is 0. The van der Waals surface area contributed by atoms with Gasteiger partial charge in [-0.3, -0.25) is 0 Å². The van der Waals surface area contributed by atoms with E-state index in [-0.39, 0.29) is 0 Å². The quantitative estimate of drug-likeness (QED) is 0.808. The summed E-state index contributed by atoms with van der Waals surface area (Å²) in [7, 11) is 0. The van der Waals surface area contributed by atoms with Crippen LogP contribution in [0.1, 0.15) is 11.1 Å². The third-order valence-corrected chi connectivity index (χ3v) is 3.39. The Morgan fingerprint density at radius 3 is 2.50 bits per heavy atom. The molecule has 1 nitrogen and oxygen atoms in total. The normalized spacial score (nSPS) is 10.4. The van der Waals surface area contributed by atoms with Gasteiger partial charge in [0.25, 0.3) is 0 Å². The van der Waals surface area contributed by atoms with Crippen LogP contribution in [0.3, 0.4) is 0 Å². The van der Waals surface area contributed by atoms with Crippen LogP contribution in [0.5, 0.6) is 5.75 Å². The number of hydrogen-bond acceptors (Lipinski definition) is 1. The van der Waals surface area contributed by atoms with Crippen LogP contribution in [0.4, 0.5) is 0 Å². The Balaban J connectivity index is 2.35. The summed E-state index contributed by atoms with van der Waals surface area (Å²) in [5, 5.41) is 10.6. The molecule has 3 heteroatoms. The molecule has 0 bridgehead atoms. The minimum absolute atomic E-state index is 0.328. The molecule has 0 aromatic heterocycles. The summed E-state index contributed by atoms with van der Waals surface area (Å²) in [5.41, 5.74) is 2.03. The van der Waals surface area contributed by atoms with Crippen molar-refractivity contribution in [2.75, 3.05) is 0 Å².